The predicted molar refractivity (Wildman–Crippen MR) is 130 cm³/mol. The van der Waals surface area contributed by atoms with Gasteiger partial charge in [-0.05, 0) is 60.4 Å². The highest BCUT2D eigenvalue weighted by molar-refractivity contribution is 5.97. The largest absolute Gasteiger partial charge is 0.496 e. The van der Waals surface area contributed by atoms with Gasteiger partial charge in [0.2, 0.25) is 5.89 Å². The summed E-state index contributed by atoms with van der Waals surface area (Å²) in [5, 5.41) is 0. The van der Waals surface area contributed by atoms with E-state index in [4.69, 9.17) is 14.1 Å². The number of aromatic nitrogens is 1. The average Bonchev–Trinajstić information content (AvgIpc) is 3.50. The first kappa shape index (κ1) is 21.1. The van der Waals surface area contributed by atoms with Gasteiger partial charge < -0.3 is 19.0 Å². The van der Waals surface area contributed by atoms with Gasteiger partial charge in [0.1, 0.15) is 17.3 Å². The van der Waals surface area contributed by atoms with Crippen LogP contribution in [0.2, 0.25) is 0 Å². The van der Waals surface area contributed by atoms with Crippen molar-refractivity contribution in [2.24, 2.45) is 0 Å². The first-order chi connectivity index (χ1) is 16.0. The Balaban J connectivity index is 1.44. The fourth-order valence-corrected chi connectivity index (χ4v) is 4.46. The van der Waals surface area contributed by atoms with E-state index in [1.807, 2.05) is 55.4 Å². The summed E-state index contributed by atoms with van der Waals surface area (Å²) >= 11 is 0. The number of benzene rings is 3. The third-order valence-electron chi connectivity index (χ3n) is 6.26. The second kappa shape index (κ2) is 8.62. The third-order valence-corrected chi connectivity index (χ3v) is 6.26. The van der Waals surface area contributed by atoms with E-state index in [9.17, 15) is 4.79 Å². The molecule has 0 spiro atoms. The lowest BCUT2D eigenvalue weighted by Crippen LogP contribution is -2.31. The quantitative estimate of drug-likeness (QED) is 0.407. The zero-order valence-corrected chi connectivity index (χ0v) is 19.1. The minimum Gasteiger partial charge on any atom is -0.496 e. The topological polar surface area (TPSA) is 58.8 Å². The van der Waals surface area contributed by atoms with Crippen LogP contribution in [0, 0.1) is 0 Å². The first-order valence-electron chi connectivity index (χ1n) is 11.2. The van der Waals surface area contributed by atoms with Crippen molar-refractivity contribution in [3.05, 3.63) is 78.2 Å². The number of carbonyl (C=O) groups is 1. The van der Waals surface area contributed by atoms with Crippen molar-refractivity contribution in [2.75, 3.05) is 32.6 Å². The monoisotopic (exact) mass is 441 g/mol. The Hall–Kier alpha value is -3.80. The molecule has 3 aromatic carbocycles. The second-order valence-corrected chi connectivity index (χ2v) is 8.53. The number of fused-ring (bicyclic) bond motifs is 1. The number of carbonyl (C=O) groups excluding carboxylic acids is 1. The van der Waals surface area contributed by atoms with Crippen LogP contribution in [0.4, 0.5) is 5.69 Å². The molecule has 0 unspecified atom stereocenters. The van der Waals surface area contributed by atoms with Gasteiger partial charge in [0.25, 0.3) is 5.91 Å². The van der Waals surface area contributed by atoms with E-state index >= 15 is 0 Å². The number of anilines is 1. The molecule has 1 saturated heterocycles. The van der Waals surface area contributed by atoms with Crippen molar-refractivity contribution >= 4 is 22.7 Å². The lowest BCUT2D eigenvalue weighted by atomic mass is 10.0. The predicted octanol–water partition coefficient (Wildman–Crippen LogP) is 5.55. The van der Waals surface area contributed by atoms with Gasteiger partial charge in [0.05, 0.1) is 12.7 Å². The maximum absolute atomic E-state index is 13.3. The number of para-hydroxylation sites is 1. The summed E-state index contributed by atoms with van der Waals surface area (Å²) in [4.78, 5) is 22.0. The third kappa shape index (κ3) is 3.93. The second-order valence-electron chi connectivity index (χ2n) is 8.53. The first-order valence-corrected chi connectivity index (χ1v) is 11.2. The molecule has 0 saturated carbocycles. The van der Waals surface area contributed by atoms with Gasteiger partial charge in [-0.2, -0.15) is 0 Å². The van der Waals surface area contributed by atoms with Crippen LogP contribution >= 0.6 is 0 Å². The summed E-state index contributed by atoms with van der Waals surface area (Å²) in [6, 6.07) is 21.6. The fraction of sp³-hybridized carbons (Fsp3) is 0.259. The van der Waals surface area contributed by atoms with Crippen molar-refractivity contribution in [3.63, 3.8) is 0 Å². The van der Waals surface area contributed by atoms with E-state index in [-0.39, 0.29) is 11.9 Å². The van der Waals surface area contributed by atoms with Crippen molar-refractivity contribution in [3.8, 4) is 16.9 Å². The number of amides is 1. The van der Waals surface area contributed by atoms with E-state index in [0.29, 0.717) is 23.7 Å². The average molecular weight is 442 g/mol. The molecular weight excluding hydrogens is 414 g/mol. The summed E-state index contributed by atoms with van der Waals surface area (Å²) in [6.45, 7) is 0.670. The molecule has 0 bridgehead atoms. The van der Waals surface area contributed by atoms with Crippen LogP contribution in [0.3, 0.4) is 0 Å². The SMILES string of the molecule is COc1ccccc1C(=O)N1CCC[C@@H]1c1nc2cc(-c3ccc(N(C)C)cc3)ccc2o1. The Morgan fingerprint density at radius 1 is 1.06 bits per heavy atom. The van der Waals surface area contributed by atoms with Crippen LogP contribution in [0.25, 0.3) is 22.2 Å². The Morgan fingerprint density at radius 3 is 2.58 bits per heavy atom. The van der Waals surface area contributed by atoms with E-state index in [1.54, 1.807) is 13.2 Å². The molecule has 1 aromatic heterocycles. The van der Waals surface area contributed by atoms with Gasteiger partial charge in [0.15, 0.2) is 5.58 Å². The van der Waals surface area contributed by atoms with Crippen LogP contribution in [-0.4, -0.2) is 43.5 Å². The molecule has 0 N–H and O–H groups in total. The van der Waals surface area contributed by atoms with Crippen LogP contribution < -0.4 is 9.64 Å². The lowest BCUT2D eigenvalue weighted by molar-refractivity contribution is 0.0713. The molecule has 1 amide bonds. The summed E-state index contributed by atoms with van der Waals surface area (Å²) < 4.78 is 11.5. The highest BCUT2D eigenvalue weighted by Crippen LogP contribution is 2.36. The number of rotatable bonds is 5. The van der Waals surface area contributed by atoms with Gasteiger partial charge >= 0.3 is 0 Å². The van der Waals surface area contributed by atoms with Gasteiger partial charge in [-0.15, -0.1) is 0 Å². The van der Waals surface area contributed by atoms with Gasteiger partial charge in [0, 0.05) is 26.3 Å². The molecule has 1 fully saturated rings. The lowest BCUT2D eigenvalue weighted by Gasteiger charge is -2.23. The van der Waals surface area contributed by atoms with Gasteiger partial charge in [-0.1, -0.05) is 30.3 Å². The van der Waals surface area contributed by atoms with E-state index in [1.165, 1.54) is 0 Å². The normalized spacial score (nSPS) is 15.7. The number of methoxy groups -OCH3 is 1. The maximum Gasteiger partial charge on any atom is 0.258 e. The molecule has 6 heteroatoms. The van der Waals surface area contributed by atoms with Crippen LogP contribution in [-0.2, 0) is 0 Å². The molecule has 4 aromatic rings. The number of hydrogen-bond acceptors (Lipinski definition) is 5. The standard InChI is InChI=1S/C27H27N3O3/c1-29(2)20-13-10-18(11-14-20)19-12-15-25-22(17-19)28-26(33-25)23-8-6-16-30(23)27(31)21-7-4-5-9-24(21)32-3/h4-5,7,9-15,17,23H,6,8,16H2,1-3H3/t23-/m1/s1. The van der Waals surface area contributed by atoms with Crippen molar-refractivity contribution in [1.29, 1.82) is 0 Å². The smallest absolute Gasteiger partial charge is 0.258 e. The number of ether oxygens (including phenoxy) is 1. The molecule has 1 aliphatic rings. The highest BCUT2D eigenvalue weighted by atomic mass is 16.5. The highest BCUT2D eigenvalue weighted by Gasteiger charge is 2.35. The minimum atomic E-state index is -0.183. The molecule has 33 heavy (non-hydrogen) atoms. The summed E-state index contributed by atoms with van der Waals surface area (Å²) in [6.07, 6.45) is 1.74. The molecule has 168 valence electrons. The van der Waals surface area contributed by atoms with Crippen LogP contribution in [0.5, 0.6) is 5.75 Å². The van der Waals surface area contributed by atoms with Gasteiger partial charge in [-0.25, -0.2) is 4.98 Å². The molecular formula is C27H27N3O3. The minimum absolute atomic E-state index is 0.0566. The molecule has 1 aliphatic heterocycles. The van der Waals surface area contributed by atoms with E-state index in [2.05, 4.69) is 29.2 Å². The zero-order valence-electron chi connectivity index (χ0n) is 19.1. The molecule has 6 nitrogen and oxygen atoms in total. The van der Waals surface area contributed by atoms with Crippen molar-refractivity contribution < 1.29 is 13.9 Å². The number of likely N-dealkylation sites (tertiary alicyclic amines) is 1. The summed E-state index contributed by atoms with van der Waals surface area (Å²) in [5.41, 5.74) is 5.46. The number of hydrogen-bond donors (Lipinski definition) is 0. The number of nitrogens with zero attached hydrogens (tertiary/aromatic N) is 3. The van der Waals surface area contributed by atoms with E-state index in [0.717, 1.165) is 40.8 Å². The van der Waals surface area contributed by atoms with Gasteiger partial charge in [-0.3, -0.25) is 4.79 Å². The Labute approximate surface area is 193 Å². The van der Waals surface area contributed by atoms with Crippen LogP contribution in [0.15, 0.2) is 71.1 Å². The molecule has 1 atom stereocenters. The fourth-order valence-electron chi connectivity index (χ4n) is 4.46. The molecule has 0 aliphatic carbocycles. The summed E-state index contributed by atoms with van der Waals surface area (Å²) in [7, 11) is 5.64. The maximum atomic E-state index is 13.3. The Morgan fingerprint density at radius 2 is 1.82 bits per heavy atom. The molecule has 0 radical (unpaired) electrons. The van der Waals surface area contributed by atoms with Crippen molar-refractivity contribution in [2.45, 2.75) is 18.9 Å². The Bertz CT molecular complexity index is 1290. The Kier molecular flexibility index (Phi) is 5.50. The van der Waals surface area contributed by atoms with E-state index < -0.39 is 0 Å². The molecule has 5 rings (SSSR count). The molecule has 2 heterocycles. The summed E-state index contributed by atoms with van der Waals surface area (Å²) in [5.74, 6) is 1.11. The van der Waals surface area contributed by atoms with Crippen molar-refractivity contribution in [1.82, 2.24) is 9.88 Å². The zero-order chi connectivity index (χ0) is 22.9. The number of oxazole rings is 1. The van der Waals surface area contributed by atoms with Crippen LogP contribution in [0.1, 0.15) is 35.1 Å².